The molecule has 0 saturated heterocycles. The molecule has 0 spiro atoms. The summed E-state index contributed by atoms with van der Waals surface area (Å²) < 4.78 is 11.0. The van der Waals surface area contributed by atoms with Crippen molar-refractivity contribution in [3.8, 4) is 16.5 Å². The van der Waals surface area contributed by atoms with Crippen molar-refractivity contribution in [3.63, 3.8) is 0 Å². The Morgan fingerprint density at radius 2 is 2.32 bits per heavy atom. The molecule has 0 bridgehead atoms. The lowest BCUT2D eigenvalue weighted by atomic mass is 10.2. The minimum absolute atomic E-state index is 0.127. The molecule has 0 aliphatic rings. The number of methoxy groups -OCH3 is 1. The zero-order valence-corrected chi connectivity index (χ0v) is 13.9. The van der Waals surface area contributed by atoms with Crippen LogP contribution in [-0.4, -0.2) is 23.2 Å². The molecular formula is C16H21N3O2S. The predicted octanol–water partition coefficient (Wildman–Crippen LogP) is 4.30. The van der Waals surface area contributed by atoms with Gasteiger partial charge >= 0.3 is 0 Å². The van der Waals surface area contributed by atoms with E-state index in [1.807, 2.05) is 19.1 Å². The summed E-state index contributed by atoms with van der Waals surface area (Å²) in [5.74, 6) is 1.03. The number of anilines is 1. The van der Waals surface area contributed by atoms with Crippen LogP contribution in [0.15, 0.2) is 37.0 Å². The van der Waals surface area contributed by atoms with Crippen LogP contribution in [0.1, 0.15) is 26.7 Å². The van der Waals surface area contributed by atoms with Gasteiger partial charge in [-0.1, -0.05) is 24.7 Å². The fourth-order valence-corrected chi connectivity index (χ4v) is 2.94. The summed E-state index contributed by atoms with van der Waals surface area (Å²) in [5.41, 5.74) is 0.949. The van der Waals surface area contributed by atoms with E-state index in [9.17, 15) is 0 Å². The maximum atomic E-state index is 5.71. The standard InChI is InChI=1S/C16H21N3O2S/c1-5-7-11(2)21-12(3)18-16-14(20-4)19-15(22-16)13-8-6-9-17-10-13/h6,8-11,18H,3,5,7H2,1-2,4H3. The molecular weight excluding hydrogens is 298 g/mol. The van der Waals surface area contributed by atoms with Gasteiger partial charge in [0.25, 0.3) is 0 Å². The maximum absolute atomic E-state index is 5.71. The second-order valence-electron chi connectivity index (χ2n) is 4.86. The van der Waals surface area contributed by atoms with Crippen LogP contribution in [0.2, 0.25) is 0 Å². The number of hydrogen-bond acceptors (Lipinski definition) is 6. The van der Waals surface area contributed by atoms with E-state index in [2.05, 4.69) is 28.8 Å². The van der Waals surface area contributed by atoms with Crippen LogP contribution >= 0.6 is 11.3 Å². The number of ether oxygens (including phenoxy) is 2. The van der Waals surface area contributed by atoms with Crippen LogP contribution in [0.3, 0.4) is 0 Å². The van der Waals surface area contributed by atoms with Crippen LogP contribution in [0.25, 0.3) is 10.6 Å². The molecule has 0 aromatic carbocycles. The minimum atomic E-state index is 0.127. The van der Waals surface area contributed by atoms with Gasteiger partial charge in [-0.15, -0.1) is 0 Å². The van der Waals surface area contributed by atoms with Crippen molar-refractivity contribution < 1.29 is 9.47 Å². The number of rotatable bonds is 8. The van der Waals surface area contributed by atoms with Crippen LogP contribution in [-0.2, 0) is 4.74 Å². The molecule has 2 aromatic rings. The van der Waals surface area contributed by atoms with Gasteiger partial charge in [-0.05, 0) is 32.1 Å². The van der Waals surface area contributed by atoms with E-state index in [-0.39, 0.29) is 6.10 Å². The molecule has 0 radical (unpaired) electrons. The number of pyridine rings is 1. The molecule has 1 N–H and O–H groups in total. The highest BCUT2D eigenvalue weighted by molar-refractivity contribution is 7.19. The van der Waals surface area contributed by atoms with Crippen molar-refractivity contribution in [2.24, 2.45) is 0 Å². The molecule has 0 aliphatic carbocycles. The summed E-state index contributed by atoms with van der Waals surface area (Å²) in [7, 11) is 1.59. The van der Waals surface area contributed by atoms with Crippen LogP contribution in [0.5, 0.6) is 5.88 Å². The third-order valence-corrected chi connectivity index (χ3v) is 3.99. The van der Waals surface area contributed by atoms with Crippen molar-refractivity contribution in [3.05, 3.63) is 37.0 Å². The van der Waals surface area contributed by atoms with Crippen LogP contribution < -0.4 is 10.1 Å². The van der Waals surface area contributed by atoms with Gasteiger partial charge in [0.1, 0.15) is 5.01 Å². The summed E-state index contributed by atoms with van der Waals surface area (Å²) >= 11 is 1.48. The monoisotopic (exact) mass is 319 g/mol. The zero-order valence-electron chi connectivity index (χ0n) is 13.1. The Hall–Kier alpha value is -2.08. The summed E-state index contributed by atoms with van der Waals surface area (Å²) in [6.07, 6.45) is 5.70. The maximum Gasteiger partial charge on any atom is 0.249 e. The lowest BCUT2D eigenvalue weighted by Crippen LogP contribution is -2.11. The van der Waals surface area contributed by atoms with Crippen molar-refractivity contribution >= 4 is 16.3 Å². The van der Waals surface area contributed by atoms with E-state index in [0.717, 1.165) is 28.4 Å². The Bertz CT molecular complexity index is 613. The Kier molecular flexibility index (Phi) is 5.77. The summed E-state index contributed by atoms with van der Waals surface area (Å²) in [6.45, 7) is 8.06. The second-order valence-corrected chi connectivity index (χ2v) is 5.86. The SMILES string of the molecule is C=C(Nc1sc(-c2cccnc2)nc1OC)OC(C)CCC. The molecule has 22 heavy (non-hydrogen) atoms. The van der Waals surface area contributed by atoms with E-state index in [4.69, 9.17) is 9.47 Å². The first-order valence-electron chi connectivity index (χ1n) is 7.21. The van der Waals surface area contributed by atoms with Gasteiger partial charge in [-0.3, -0.25) is 4.98 Å². The van der Waals surface area contributed by atoms with E-state index >= 15 is 0 Å². The molecule has 0 amide bonds. The molecule has 2 heterocycles. The fourth-order valence-electron chi connectivity index (χ4n) is 2.00. The minimum Gasteiger partial charge on any atom is -0.479 e. The number of nitrogens with zero attached hydrogens (tertiary/aromatic N) is 2. The fraction of sp³-hybridized carbons (Fsp3) is 0.375. The largest absolute Gasteiger partial charge is 0.479 e. The first kappa shape index (κ1) is 16.3. The average molecular weight is 319 g/mol. The molecule has 2 aromatic heterocycles. The molecule has 2 rings (SSSR count). The lowest BCUT2D eigenvalue weighted by Gasteiger charge is -2.16. The van der Waals surface area contributed by atoms with Gasteiger partial charge in [0.2, 0.25) is 5.88 Å². The van der Waals surface area contributed by atoms with Gasteiger partial charge in [0, 0.05) is 18.0 Å². The molecule has 1 atom stereocenters. The van der Waals surface area contributed by atoms with Crippen molar-refractivity contribution in [2.75, 3.05) is 12.4 Å². The number of nitrogens with one attached hydrogen (secondary N) is 1. The van der Waals surface area contributed by atoms with E-state index < -0.39 is 0 Å². The van der Waals surface area contributed by atoms with E-state index in [1.165, 1.54) is 11.3 Å². The third-order valence-electron chi connectivity index (χ3n) is 2.99. The Balaban J connectivity index is 2.11. The Morgan fingerprint density at radius 3 is 2.95 bits per heavy atom. The first-order valence-corrected chi connectivity index (χ1v) is 8.03. The van der Waals surface area contributed by atoms with Crippen LogP contribution in [0.4, 0.5) is 5.00 Å². The third kappa shape index (κ3) is 4.21. The van der Waals surface area contributed by atoms with Gasteiger partial charge in [0.15, 0.2) is 10.9 Å². The Labute approximate surface area is 135 Å². The number of hydrogen-bond donors (Lipinski definition) is 1. The van der Waals surface area contributed by atoms with E-state index in [1.54, 1.807) is 19.5 Å². The van der Waals surface area contributed by atoms with Gasteiger partial charge in [-0.25, -0.2) is 0 Å². The molecule has 1 unspecified atom stereocenters. The first-order chi connectivity index (χ1) is 10.6. The topological polar surface area (TPSA) is 56.3 Å². The van der Waals surface area contributed by atoms with Crippen LogP contribution in [0, 0.1) is 0 Å². The van der Waals surface area contributed by atoms with E-state index in [0.29, 0.717) is 11.8 Å². The van der Waals surface area contributed by atoms with Gasteiger partial charge in [0.05, 0.1) is 13.2 Å². The van der Waals surface area contributed by atoms with Gasteiger partial charge in [-0.2, -0.15) is 4.98 Å². The molecule has 0 fully saturated rings. The lowest BCUT2D eigenvalue weighted by molar-refractivity contribution is 0.128. The number of thiazole rings is 1. The molecule has 0 aliphatic heterocycles. The normalized spacial score (nSPS) is 11.8. The highest BCUT2D eigenvalue weighted by Crippen LogP contribution is 2.37. The van der Waals surface area contributed by atoms with Crippen molar-refractivity contribution in [1.29, 1.82) is 0 Å². The molecule has 5 nitrogen and oxygen atoms in total. The molecule has 118 valence electrons. The van der Waals surface area contributed by atoms with Crippen molar-refractivity contribution in [1.82, 2.24) is 9.97 Å². The summed E-state index contributed by atoms with van der Waals surface area (Å²) in [4.78, 5) is 8.57. The quantitative estimate of drug-likeness (QED) is 0.735. The zero-order chi connectivity index (χ0) is 15.9. The molecule has 6 heteroatoms. The molecule has 0 saturated carbocycles. The average Bonchev–Trinajstić information content (AvgIpc) is 2.91. The second kappa shape index (κ2) is 7.79. The van der Waals surface area contributed by atoms with Crippen molar-refractivity contribution in [2.45, 2.75) is 32.8 Å². The smallest absolute Gasteiger partial charge is 0.249 e. The number of aromatic nitrogens is 2. The highest BCUT2D eigenvalue weighted by Gasteiger charge is 2.15. The Morgan fingerprint density at radius 1 is 1.50 bits per heavy atom. The predicted molar refractivity (Wildman–Crippen MR) is 90.1 cm³/mol. The highest BCUT2D eigenvalue weighted by atomic mass is 32.1. The summed E-state index contributed by atoms with van der Waals surface area (Å²) in [6, 6.07) is 3.84. The summed E-state index contributed by atoms with van der Waals surface area (Å²) in [5, 5.41) is 4.74. The van der Waals surface area contributed by atoms with Gasteiger partial charge < -0.3 is 14.8 Å².